The zero-order valence-corrected chi connectivity index (χ0v) is 10.9. The Kier molecular flexibility index (Phi) is 3.16. The highest BCUT2D eigenvalue weighted by Crippen LogP contribution is 2.32. The molecule has 19 heavy (non-hydrogen) atoms. The van der Waals surface area contributed by atoms with Gasteiger partial charge in [0.05, 0.1) is 12.6 Å². The van der Waals surface area contributed by atoms with Gasteiger partial charge in [-0.25, -0.2) is 0 Å². The summed E-state index contributed by atoms with van der Waals surface area (Å²) in [6.45, 7) is 1.40. The first kappa shape index (κ1) is 12.9. The fourth-order valence-electron chi connectivity index (χ4n) is 1.96. The normalized spacial score (nSPS) is 10.5. The Labute approximate surface area is 109 Å². The predicted octanol–water partition coefficient (Wildman–Crippen LogP) is 1.21. The molecule has 1 aromatic carbocycles. The van der Waals surface area contributed by atoms with E-state index in [0.717, 1.165) is 0 Å². The van der Waals surface area contributed by atoms with Gasteiger partial charge in [0.2, 0.25) is 11.7 Å². The zero-order valence-electron chi connectivity index (χ0n) is 10.9. The number of hydrogen-bond acceptors (Lipinski definition) is 4. The molecular weight excluding hydrogens is 248 g/mol. The van der Waals surface area contributed by atoms with Crippen molar-refractivity contribution in [2.24, 2.45) is 7.05 Å². The number of benzene rings is 1. The van der Waals surface area contributed by atoms with Gasteiger partial charge < -0.3 is 19.7 Å². The minimum absolute atomic E-state index is 0.0951. The quantitative estimate of drug-likeness (QED) is 0.852. The van der Waals surface area contributed by atoms with Gasteiger partial charge in [0.25, 0.3) is 5.56 Å². The summed E-state index contributed by atoms with van der Waals surface area (Å²) in [5.74, 6) is -0.501. The number of nitrogens with zero attached hydrogens (tertiary/aromatic N) is 1. The van der Waals surface area contributed by atoms with Crippen molar-refractivity contribution in [1.82, 2.24) is 4.57 Å². The van der Waals surface area contributed by atoms with Crippen molar-refractivity contribution < 1.29 is 14.6 Å². The molecule has 0 aliphatic heterocycles. The first-order chi connectivity index (χ1) is 8.95. The van der Waals surface area contributed by atoms with Gasteiger partial charge in [-0.3, -0.25) is 9.59 Å². The summed E-state index contributed by atoms with van der Waals surface area (Å²) < 4.78 is 6.27. The number of amides is 1. The van der Waals surface area contributed by atoms with Crippen molar-refractivity contribution >= 4 is 22.5 Å². The van der Waals surface area contributed by atoms with Gasteiger partial charge in [0.15, 0.2) is 5.75 Å². The number of rotatable bonds is 2. The van der Waals surface area contributed by atoms with E-state index in [0.29, 0.717) is 16.6 Å². The summed E-state index contributed by atoms with van der Waals surface area (Å²) in [5, 5.41) is 13.1. The zero-order chi connectivity index (χ0) is 14.2. The fourth-order valence-corrected chi connectivity index (χ4v) is 1.96. The molecule has 0 saturated carbocycles. The second-order valence-corrected chi connectivity index (χ2v) is 4.16. The third-order valence-corrected chi connectivity index (χ3v) is 2.85. The van der Waals surface area contributed by atoms with Gasteiger partial charge in [-0.2, -0.15) is 0 Å². The lowest BCUT2D eigenvalue weighted by molar-refractivity contribution is -0.114. The molecule has 0 unspecified atom stereocenters. The van der Waals surface area contributed by atoms with Gasteiger partial charge in [-0.15, -0.1) is 0 Å². The highest BCUT2D eigenvalue weighted by atomic mass is 16.5. The maximum absolute atomic E-state index is 12.0. The molecule has 6 nitrogen and oxygen atoms in total. The van der Waals surface area contributed by atoms with E-state index >= 15 is 0 Å². The SMILES string of the molecule is COc1c(O)c2ccc(NC(C)=O)cc2n(C)c1=O. The van der Waals surface area contributed by atoms with E-state index in [4.69, 9.17) is 4.74 Å². The lowest BCUT2D eigenvalue weighted by Crippen LogP contribution is -2.19. The molecule has 100 valence electrons. The van der Waals surface area contributed by atoms with Gasteiger partial charge in [0.1, 0.15) is 0 Å². The minimum atomic E-state index is -0.438. The first-order valence-corrected chi connectivity index (χ1v) is 5.63. The van der Waals surface area contributed by atoms with Gasteiger partial charge in [0, 0.05) is 25.0 Å². The van der Waals surface area contributed by atoms with Crippen LogP contribution in [0.2, 0.25) is 0 Å². The molecule has 0 saturated heterocycles. The maximum Gasteiger partial charge on any atom is 0.297 e. The molecule has 0 spiro atoms. The Morgan fingerprint density at radius 1 is 1.42 bits per heavy atom. The molecule has 0 radical (unpaired) electrons. The molecule has 1 aromatic heterocycles. The Morgan fingerprint density at radius 3 is 2.68 bits per heavy atom. The van der Waals surface area contributed by atoms with Crippen molar-refractivity contribution in [3.05, 3.63) is 28.6 Å². The summed E-state index contributed by atoms with van der Waals surface area (Å²) in [6.07, 6.45) is 0. The van der Waals surface area contributed by atoms with Crippen LogP contribution in [0.25, 0.3) is 10.9 Å². The Balaban J connectivity index is 2.77. The van der Waals surface area contributed by atoms with Crippen molar-refractivity contribution in [2.45, 2.75) is 6.92 Å². The number of aromatic hydroxyl groups is 1. The summed E-state index contributed by atoms with van der Waals surface area (Å²) in [6, 6.07) is 4.89. The van der Waals surface area contributed by atoms with E-state index in [1.165, 1.54) is 18.6 Å². The maximum atomic E-state index is 12.0. The van der Waals surface area contributed by atoms with Crippen molar-refractivity contribution in [3.8, 4) is 11.5 Å². The average molecular weight is 262 g/mol. The molecule has 0 bridgehead atoms. The number of nitrogens with one attached hydrogen (secondary N) is 1. The first-order valence-electron chi connectivity index (χ1n) is 5.63. The monoisotopic (exact) mass is 262 g/mol. The van der Waals surface area contributed by atoms with Crippen molar-refractivity contribution in [3.63, 3.8) is 0 Å². The van der Waals surface area contributed by atoms with Crippen LogP contribution in [0.3, 0.4) is 0 Å². The van der Waals surface area contributed by atoms with Crippen LogP contribution < -0.4 is 15.6 Å². The molecule has 2 rings (SSSR count). The highest BCUT2D eigenvalue weighted by Gasteiger charge is 2.15. The molecule has 2 aromatic rings. The molecule has 1 amide bonds. The predicted molar refractivity (Wildman–Crippen MR) is 71.7 cm³/mol. The fraction of sp³-hybridized carbons (Fsp3) is 0.231. The molecule has 2 N–H and O–H groups in total. The van der Waals surface area contributed by atoms with Crippen LogP contribution in [0.1, 0.15) is 6.92 Å². The van der Waals surface area contributed by atoms with Crippen LogP contribution in [0.15, 0.2) is 23.0 Å². The second-order valence-electron chi connectivity index (χ2n) is 4.16. The summed E-state index contributed by atoms with van der Waals surface area (Å²) in [7, 11) is 2.90. The molecule has 0 aliphatic rings. The van der Waals surface area contributed by atoms with E-state index in [2.05, 4.69) is 5.32 Å². The largest absolute Gasteiger partial charge is 0.504 e. The number of fused-ring (bicyclic) bond motifs is 1. The van der Waals surface area contributed by atoms with E-state index < -0.39 is 5.56 Å². The number of pyridine rings is 1. The Morgan fingerprint density at radius 2 is 2.11 bits per heavy atom. The highest BCUT2D eigenvalue weighted by molar-refractivity contribution is 5.94. The molecule has 0 aliphatic carbocycles. The van der Waals surface area contributed by atoms with Crippen molar-refractivity contribution in [1.29, 1.82) is 0 Å². The third-order valence-electron chi connectivity index (χ3n) is 2.85. The van der Waals surface area contributed by atoms with Crippen LogP contribution in [-0.2, 0) is 11.8 Å². The number of anilines is 1. The molecule has 6 heteroatoms. The third kappa shape index (κ3) is 2.12. The van der Waals surface area contributed by atoms with Crippen LogP contribution in [-0.4, -0.2) is 22.7 Å². The van der Waals surface area contributed by atoms with Gasteiger partial charge >= 0.3 is 0 Å². The Hall–Kier alpha value is -2.50. The van der Waals surface area contributed by atoms with Crippen LogP contribution >= 0.6 is 0 Å². The number of hydrogen-bond donors (Lipinski definition) is 2. The minimum Gasteiger partial charge on any atom is -0.504 e. The van der Waals surface area contributed by atoms with E-state index in [-0.39, 0.29) is 17.4 Å². The molecule has 1 heterocycles. The van der Waals surface area contributed by atoms with Crippen LogP contribution in [0, 0.1) is 0 Å². The topological polar surface area (TPSA) is 80.6 Å². The van der Waals surface area contributed by atoms with Crippen LogP contribution in [0.5, 0.6) is 11.5 Å². The smallest absolute Gasteiger partial charge is 0.297 e. The average Bonchev–Trinajstić information content (AvgIpc) is 2.36. The summed E-state index contributed by atoms with van der Waals surface area (Å²) in [5.41, 5.74) is 0.626. The standard InChI is InChI=1S/C13H14N2O4/c1-7(16)14-8-4-5-9-10(6-8)15(2)13(18)12(19-3)11(9)17/h4-6,17H,1-3H3,(H,14,16). The van der Waals surface area contributed by atoms with Gasteiger partial charge in [-0.05, 0) is 18.2 Å². The van der Waals surface area contributed by atoms with Crippen molar-refractivity contribution in [2.75, 3.05) is 12.4 Å². The lowest BCUT2D eigenvalue weighted by atomic mass is 10.1. The number of aromatic nitrogens is 1. The lowest BCUT2D eigenvalue weighted by Gasteiger charge is -2.12. The van der Waals surface area contributed by atoms with E-state index in [1.54, 1.807) is 25.2 Å². The van der Waals surface area contributed by atoms with Crippen LogP contribution in [0.4, 0.5) is 5.69 Å². The summed E-state index contributed by atoms with van der Waals surface area (Å²) in [4.78, 5) is 23.0. The summed E-state index contributed by atoms with van der Waals surface area (Å²) >= 11 is 0. The number of methoxy groups -OCH3 is 1. The molecular formula is C13H14N2O4. The number of carbonyl (C=O) groups is 1. The molecule has 0 fully saturated rings. The second kappa shape index (κ2) is 4.64. The Bertz CT molecular complexity index is 719. The van der Waals surface area contributed by atoms with E-state index in [1.807, 2.05) is 0 Å². The number of ether oxygens (including phenoxy) is 1. The number of aryl methyl sites for hydroxylation is 1. The number of carbonyl (C=O) groups excluding carboxylic acids is 1. The molecule has 0 atom stereocenters. The van der Waals surface area contributed by atoms with Gasteiger partial charge in [-0.1, -0.05) is 0 Å². The van der Waals surface area contributed by atoms with E-state index in [9.17, 15) is 14.7 Å².